The maximum absolute atomic E-state index is 9.94. The second-order valence-electron chi connectivity index (χ2n) is 5.00. The molecule has 0 bridgehead atoms. The summed E-state index contributed by atoms with van der Waals surface area (Å²) in [6, 6.07) is 4.65. The van der Waals surface area contributed by atoms with Gasteiger partial charge >= 0.3 is 0 Å². The van der Waals surface area contributed by atoms with Crippen LogP contribution >= 0.6 is 45.2 Å². The first-order valence-electron chi connectivity index (χ1n) is 6.87. The molecular weight excluding hydrogens is 478 g/mol. The molecule has 3 nitrogen and oxygen atoms in total. The lowest BCUT2D eigenvalue weighted by atomic mass is 9.99. The van der Waals surface area contributed by atoms with Crippen molar-refractivity contribution in [2.75, 3.05) is 26.2 Å². The number of phenols is 1. The number of halogens is 2. The van der Waals surface area contributed by atoms with Crippen molar-refractivity contribution in [3.63, 3.8) is 0 Å². The molecule has 0 spiro atoms. The highest BCUT2D eigenvalue weighted by Crippen LogP contribution is 2.33. The number of phenolic OH excluding ortho intramolecular Hbond substituents is 1. The van der Waals surface area contributed by atoms with Crippen molar-refractivity contribution in [1.29, 1.82) is 0 Å². The maximum atomic E-state index is 9.94. The van der Waals surface area contributed by atoms with Crippen molar-refractivity contribution in [2.45, 2.75) is 18.9 Å². The average molecular weight is 498 g/mol. The van der Waals surface area contributed by atoms with Gasteiger partial charge in [-0.15, -0.1) is 6.58 Å². The number of benzene rings is 1. The van der Waals surface area contributed by atoms with Crippen molar-refractivity contribution in [3.8, 4) is 5.75 Å². The summed E-state index contributed by atoms with van der Waals surface area (Å²) in [5.74, 6) is 0.401. The summed E-state index contributed by atoms with van der Waals surface area (Å²) in [5, 5.41) is 13.3. The van der Waals surface area contributed by atoms with Crippen LogP contribution in [0, 0.1) is 7.14 Å². The molecular formula is C15H20I2N2O. The molecule has 110 valence electrons. The van der Waals surface area contributed by atoms with Crippen LogP contribution in [0.1, 0.15) is 24.4 Å². The fourth-order valence-corrected chi connectivity index (χ4v) is 4.42. The molecule has 0 aliphatic carbocycles. The molecule has 20 heavy (non-hydrogen) atoms. The number of nitrogens with zero attached hydrogens (tertiary/aromatic N) is 1. The normalized spacial score (nSPS) is 17.9. The van der Waals surface area contributed by atoms with Crippen molar-refractivity contribution in [3.05, 3.63) is 37.5 Å². The van der Waals surface area contributed by atoms with Gasteiger partial charge in [0.1, 0.15) is 5.75 Å². The molecule has 1 saturated heterocycles. The third-order valence-electron chi connectivity index (χ3n) is 3.66. The Morgan fingerprint density at radius 2 is 1.90 bits per heavy atom. The van der Waals surface area contributed by atoms with Crippen LogP contribution in [0.3, 0.4) is 0 Å². The molecule has 0 unspecified atom stereocenters. The topological polar surface area (TPSA) is 35.5 Å². The van der Waals surface area contributed by atoms with Crippen LogP contribution in [-0.4, -0.2) is 36.2 Å². The third kappa shape index (κ3) is 4.08. The second kappa shape index (κ2) is 7.95. The van der Waals surface area contributed by atoms with Crippen LogP contribution in [0.2, 0.25) is 0 Å². The van der Waals surface area contributed by atoms with Crippen LogP contribution in [0.15, 0.2) is 24.8 Å². The lowest BCUT2D eigenvalue weighted by molar-refractivity contribution is 0.166. The van der Waals surface area contributed by atoms with Crippen molar-refractivity contribution in [1.82, 2.24) is 10.2 Å². The van der Waals surface area contributed by atoms with Gasteiger partial charge in [-0.05, 0) is 75.7 Å². The van der Waals surface area contributed by atoms with Gasteiger partial charge in [-0.3, -0.25) is 4.90 Å². The van der Waals surface area contributed by atoms with Crippen LogP contribution < -0.4 is 5.32 Å². The van der Waals surface area contributed by atoms with Gasteiger partial charge in [0.15, 0.2) is 0 Å². The smallest absolute Gasteiger partial charge is 0.142 e. The Morgan fingerprint density at radius 3 is 2.45 bits per heavy atom. The van der Waals surface area contributed by atoms with Gasteiger partial charge in [-0.2, -0.15) is 0 Å². The average Bonchev–Trinajstić information content (AvgIpc) is 2.46. The Kier molecular flexibility index (Phi) is 6.57. The van der Waals surface area contributed by atoms with E-state index in [9.17, 15) is 5.11 Å². The standard InChI is InChI=1S/C15H20I2N2O/c1-2-3-4-14(19-7-5-18-6-8-19)11-9-12(16)15(20)13(17)10-11/h2,9-10,14,18,20H,1,3-8H2/t14-/m1/s1. The summed E-state index contributed by atoms with van der Waals surface area (Å²) in [4.78, 5) is 2.54. The van der Waals surface area contributed by atoms with Gasteiger partial charge in [-0.1, -0.05) is 6.08 Å². The highest BCUT2D eigenvalue weighted by atomic mass is 127. The molecule has 0 aromatic heterocycles. The Morgan fingerprint density at radius 1 is 1.30 bits per heavy atom. The Labute approximate surface area is 148 Å². The lowest BCUT2D eigenvalue weighted by Gasteiger charge is -2.35. The van der Waals surface area contributed by atoms with Gasteiger partial charge in [0.2, 0.25) is 0 Å². The molecule has 1 aromatic carbocycles. The van der Waals surface area contributed by atoms with E-state index in [1.54, 1.807) is 0 Å². The van der Waals surface area contributed by atoms with Gasteiger partial charge in [0.25, 0.3) is 0 Å². The molecule has 2 rings (SSSR count). The maximum Gasteiger partial charge on any atom is 0.142 e. The van der Waals surface area contributed by atoms with Crippen LogP contribution in [0.4, 0.5) is 0 Å². The first-order chi connectivity index (χ1) is 9.63. The number of nitrogens with one attached hydrogen (secondary N) is 1. The molecule has 1 aromatic rings. The second-order valence-corrected chi connectivity index (χ2v) is 7.33. The van der Waals surface area contributed by atoms with E-state index in [2.05, 4.69) is 74.1 Å². The molecule has 1 atom stereocenters. The molecule has 1 aliphatic rings. The predicted molar refractivity (Wildman–Crippen MR) is 100 cm³/mol. The van der Waals surface area contributed by atoms with Gasteiger partial charge < -0.3 is 10.4 Å². The SMILES string of the molecule is C=CCC[C@H](c1cc(I)c(O)c(I)c1)N1CCNCC1. The van der Waals surface area contributed by atoms with E-state index >= 15 is 0 Å². The molecule has 0 amide bonds. The molecule has 2 N–H and O–H groups in total. The quantitative estimate of drug-likeness (QED) is 0.482. The number of rotatable bonds is 5. The van der Waals surface area contributed by atoms with E-state index in [1.807, 2.05) is 6.08 Å². The van der Waals surface area contributed by atoms with Crippen LogP contribution in [-0.2, 0) is 0 Å². The van der Waals surface area contributed by atoms with Crippen molar-refractivity contribution in [2.24, 2.45) is 0 Å². The number of aromatic hydroxyl groups is 1. The summed E-state index contributed by atoms with van der Waals surface area (Å²) in [5.41, 5.74) is 1.31. The molecule has 1 aliphatic heterocycles. The number of allylic oxidation sites excluding steroid dienone is 1. The first-order valence-corrected chi connectivity index (χ1v) is 9.02. The monoisotopic (exact) mass is 498 g/mol. The number of hydrogen-bond donors (Lipinski definition) is 2. The minimum absolute atomic E-state index is 0.401. The Hall–Kier alpha value is 0.140. The fraction of sp³-hybridized carbons (Fsp3) is 0.467. The van der Waals surface area contributed by atoms with E-state index < -0.39 is 0 Å². The van der Waals surface area contributed by atoms with Gasteiger partial charge in [0, 0.05) is 32.2 Å². The van der Waals surface area contributed by atoms with E-state index in [0.29, 0.717) is 11.8 Å². The summed E-state index contributed by atoms with van der Waals surface area (Å²) >= 11 is 4.42. The highest BCUT2D eigenvalue weighted by Gasteiger charge is 2.23. The van der Waals surface area contributed by atoms with Crippen molar-refractivity contribution >= 4 is 45.2 Å². The molecule has 1 fully saturated rings. The largest absolute Gasteiger partial charge is 0.506 e. The fourth-order valence-electron chi connectivity index (χ4n) is 2.61. The van der Waals surface area contributed by atoms with E-state index in [0.717, 1.165) is 46.2 Å². The number of hydrogen-bond acceptors (Lipinski definition) is 3. The third-order valence-corrected chi connectivity index (χ3v) is 5.31. The predicted octanol–water partition coefficient (Wildman–Crippen LogP) is 3.51. The zero-order valence-electron chi connectivity index (χ0n) is 11.4. The Balaban J connectivity index is 2.27. The lowest BCUT2D eigenvalue weighted by Crippen LogP contribution is -2.45. The summed E-state index contributed by atoms with van der Waals surface area (Å²) < 4.78 is 1.87. The zero-order valence-corrected chi connectivity index (χ0v) is 15.7. The van der Waals surface area contributed by atoms with E-state index in [4.69, 9.17) is 0 Å². The van der Waals surface area contributed by atoms with E-state index in [-0.39, 0.29) is 0 Å². The zero-order chi connectivity index (χ0) is 14.5. The highest BCUT2D eigenvalue weighted by molar-refractivity contribution is 14.1. The van der Waals surface area contributed by atoms with Gasteiger partial charge in [-0.25, -0.2) is 0 Å². The summed E-state index contributed by atoms with van der Waals surface area (Å²) in [6.07, 6.45) is 4.09. The molecule has 1 heterocycles. The van der Waals surface area contributed by atoms with Crippen LogP contribution in [0.5, 0.6) is 5.75 Å². The summed E-state index contributed by atoms with van der Waals surface area (Å²) in [7, 11) is 0. The van der Waals surface area contributed by atoms with E-state index in [1.165, 1.54) is 5.56 Å². The first kappa shape index (κ1) is 16.5. The summed E-state index contributed by atoms with van der Waals surface area (Å²) in [6.45, 7) is 8.11. The van der Waals surface area contributed by atoms with Crippen molar-refractivity contribution < 1.29 is 5.11 Å². The minimum atomic E-state index is 0.401. The molecule has 0 saturated carbocycles. The minimum Gasteiger partial charge on any atom is -0.506 e. The molecule has 5 heteroatoms. The van der Waals surface area contributed by atoms with Crippen LogP contribution in [0.25, 0.3) is 0 Å². The molecule has 0 radical (unpaired) electrons. The Bertz CT molecular complexity index is 450. The van der Waals surface area contributed by atoms with Gasteiger partial charge in [0.05, 0.1) is 7.14 Å². The number of piperazine rings is 1.